The van der Waals surface area contributed by atoms with Gasteiger partial charge in [0.25, 0.3) is 0 Å². The third-order valence-electron chi connectivity index (χ3n) is 2.41. The Morgan fingerprint density at radius 3 is 2.48 bits per heavy atom. The lowest BCUT2D eigenvalue weighted by atomic mass is 10.1. The van der Waals surface area contributed by atoms with Crippen LogP contribution < -0.4 is 10.6 Å². The molecule has 0 spiro atoms. The second-order valence-electron chi connectivity index (χ2n) is 6.40. The first-order valence-electron chi connectivity index (χ1n) is 7.60. The van der Waals surface area contributed by atoms with E-state index in [1.165, 1.54) is 0 Å². The Morgan fingerprint density at radius 2 is 1.90 bits per heavy atom. The van der Waals surface area contributed by atoms with Gasteiger partial charge in [-0.25, -0.2) is 0 Å². The SMILES string of the molecule is CC(C)OCCOCC(O)CNCCC(=O)NC(C)(C)C. The van der Waals surface area contributed by atoms with Gasteiger partial charge in [0.05, 0.1) is 32.0 Å². The van der Waals surface area contributed by atoms with Gasteiger partial charge in [-0.3, -0.25) is 4.79 Å². The quantitative estimate of drug-likeness (QED) is 0.489. The van der Waals surface area contributed by atoms with Gasteiger partial charge < -0.3 is 25.2 Å². The van der Waals surface area contributed by atoms with Crippen LogP contribution in [0.15, 0.2) is 0 Å². The van der Waals surface area contributed by atoms with E-state index in [-0.39, 0.29) is 24.2 Å². The zero-order chi connectivity index (χ0) is 16.3. The molecule has 0 rings (SSSR count). The van der Waals surface area contributed by atoms with Crippen LogP contribution in [0.4, 0.5) is 0 Å². The van der Waals surface area contributed by atoms with E-state index < -0.39 is 6.10 Å². The standard InChI is InChI=1S/C15H32N2O4/c1-12(2)21-9-8-20-11-13(18)10-16-7-6-14(19)17-15(3,4)5/h12-13,16,18H,6-11H2,1-5H3,(H,17,19). The molecule has 21 heavy (non-hydrogen) atoms. The molecule has 1 unspecified atom stereocenters. The van der Waals surface area contributed by atoms with Gasteiger partial charge >= 0.3 is 0 Å². The summed E-state index contributed by atoms with van der Waals surface area (Å²) in [4.78, 5) is 11.6. The Hall–Kier alpha value is -0.690. The third kappa shape index (κ3) is 15.5. The predicted molar refractivity (Wildman–Crippen MR) is 83.3 cm³/mol. The van der Waals surface area contributed by atoms with Gasteiger partial charge in [0.1, 0.15) is 0 Å². The minimum absolute atomic E-state index is 0.00609. The molecule has 0 saturated heterocycles. The molecule has 0 radical (unpaired) electrons. The van der Waals surface area contributed by atoms with Crippen LogP contribution in [-0.4, -0.2) is 61.7 Å². The zero-order valence-corrected chi connectivity index (χ0v) is 14.1. The normalized spacial score (nSPS) is 13.5. The molecule has 1 atom stereocenters. The van der Waals surface area contributed by atoms with Crippen molar-refractivity contribution in [2.75, 3.05) is 32.9 Å². The number of rotatable bonds is 11. The van der Waals surface area contributed by atoms with Gasteiger partial charge in [-0.15, -0.1) is 0 Å². The highest BCUT2D eigenvalue weighted by molar-refractivity contribution is 5.76. The van der Waals surface area contributed by atoms with Crippen molar-refractivity contribution >= 4 is 5.91 Å². The Labute approximate surface area is 128 Å². The fourth-order valence-electron chi connectivity index (χ4n) is 1.57. The third-order valence-corrected chi connectivity index (χ3v) is 2.41. The Kier molecular flexibility index (Phi) is 10.6. The number of ether oxygens (including phenoxy) is 2. The number of aliphatic hydroxyl groups excluding tert-OH is 1. The van der Waals surface area contributed by atoms with Crippen molar-refractivity contribution in [3.63, 3.8) is 0 Å². The van der Waals surface area contributed by atoms with E-state index in [1.807, 2.05) is 34.6 Å². The molecular weight excluding hydrogens is 272 g/mol. The van der Waals surface area contributed by atoms with Crippen molar-refractivity contribution in [3.05, 3.63) is 0 Å². The summed E-state index contributed by atoms with van der Waals surface area (Å²) in [6.07, 6.45) is 0.0155. The fraction of sp³-hybridized carbons (Fsp3) is 0.933. The van der Waals surface area contributed by atoms with Crippen LogP contribution in [0.25, 0.3) is 0 Å². The molecule has 1 amide bonds. The summed E-state index contributed by atoms with van der Waals surface area (Å²) in [7, 11) is 0. The molecule has 0 fully saturated rings. The summed E-state index contributed by atoms with van der Waals surface area (Å²) in [6, 6.07) is 0. The first-order valence-corrected chi connectivity index (χ1v) is 7.60. The fourth-order valence-corrected chi connectivity index (χ4v) is 1.57. The highest BCUT2D eigenvalue weighted by Gasteiger charge is 2.13. The molecule has 0 aromatic carbocycles. The number of amides is 1. The van der Waals surface area contributed by atoms with E-state index in [1.54, 1.807) is 0 Å². The molecule has 0 aromatic rings. The van der Waals surface area contributed by atoms with Crippen molar-refractivity contribution in [2.24, 2.45) is 0 Å². The van der Waals surface area contributed by atoms with Crippen molar-refractivity contribution in [1.82, 2.24) is 10.6 Å². The number of nitrogens with one attached hydrogen (secondary N) is 2. The molecule has 6 heteroatoms. The highest BCUT2D eigenvalue weighted by Crippen LogP contribution is 1.98. The molecule has 0 aliphatic carbocycles. The molecule has 0 aliphatic rings. The largest absolute Gasteiger partial charge is 0.389 e. The number of hydrogen-bond acceptors (Lipinski definition) is 5. The zero-order valence-electron chi connectivity index (χ0n) is 14.1. The van der Waals surface area contributed by atoms with Crippen molar-refractivity contribution in [2.45, 2.75) is 58.8 Å². The van der Waals surface area contributed by atoms with E-state index >= 15 is 0 Å². The van der Waals surface area contributed by atoms with E-state index in [0.29, 0.717) is 32.7 Å². The van der Waals surface area contributed by atoms with Gasteiger partial charge in [0, 0.05) is 25.0 Å². The van der Waals surface area contributed by atoms with Crippen molar-refractivity contribution in [3.8, 4) is 0 Å². The molecule has 0 bridgehead atoms. The minimum Gasteiger partial charge on any atom is -0.389 e. The second-order valence-corrected chi connectivity index (χ2v) is 6.40. The van der Waals surface area contributed by atoms with Gasteiger partial charge in [-0.1, -0.05) is 0 Å². The summed E-state index contributed by atoms with van der Waals surface area (Å²) in [5.74, 6) is 0.00609. The Balaban J connectivity index is 3.45. The maximum atomic E-state index is 11.6. The summed E-state index contributed by atoms with van der Waals surface area (Å²) in [5.41, 5.74) is -0.206. The first-order chi connectivity index (χ1) is 9.70. The highest BCUT2D eigenvalue weighted by atomic mass is 16.5. The maximum absolute atomic E-state index is 11.6. The smallest absolute Gasteiger partial charge is 0.221 e. The molecule has 3 N–H and O–H groups in total. The number of carbonyl (C=O) groups is 1. The van der Waals surface area contributed by atoms with E-state index in [2.05, 4.69) is 10.6 Å². The Bertz CT molecular complexity index is 277. The van der Waals surface area contributed by atoms with Crippen molar-refractivity contribution < 1.29 is 19.4 Å². The monoisotopic (exact) mass is 304 g/mol. The van der Waals surface area contributed by atoms with Crippen LogP contribution in [0.2, 0.25) is 0 Å². The summed E-state index contributed by atoms with van der Waals surface area (Å²) >= 11 is 0. The molecule has 0 aromatic heterocycles. The lowest BCUT2D eigenvalue weighted by Gasteiger charge is -2.20. The van der Waals surface area contributed by atoms with E-state index in [4.69, 9.17) is 9.47 Å². The molecule has 0 saturated carbocycles. The van der Waals surface area contributed by atoms with Crippen LogP contribution in [0, 0.1) is 0 Å². The molecule has 126 valence electrons. The number of carbonyl (C=O) groups excluding carboxylic acids is 1. The second kappa shape index (κ2) is 11.0. The van der Waals surface area contributed by atoms with Crippen LogP contribution in [0.3, 0.4) is 0 Å². The average molecular weight is 304 g/mol. The predicted octanol–water partition coefficient (Wildman–Crippen LogP) is 0.683. The molecular formula is C15H32N2O4. The molecule has 0 aliphatic heterocycles. The van der Waals surface area contributed by atoms with Crippen molar-refractivity contribution in [1.29, 1.82) is 0 Å². The van der Waals surface area contributed by atoms with E-state index in [9.17, 15) is 9.90 Å². The van der Waals surface area contributed by atoms with Gasteiger partial charge in [0.15, 0.2) is 0 Å². The van der Waals surface area contributed by atoms with Crippen LogP contribution >= 0.6 is 0 Å². The van der Waals surface area contributed by atoms with Gasteiger partial charge in [0.2, 0.25) is 5.91 Å². The van der Waals surface area contributed by atoms with E-state index in [0.717, 1.165) is 0 Å². The average Bonchev–Trinajstić information content (AvgIpc) is 2.31. The maximum Gasteiger partial charge on any atom is 0.221 e. The summed E-state index contributed by atoms with van der Waals surface area (Å²) < 4.78 is 10.6. The topological polar surface area (TPSA) is 79.8 Å². The van der Waals surface area contributed by atoms with Crippen LogP contribution in [-0.2, 0) is 14.3 Å². The number of aliphatic hydroxyl groups is 1. The molecule has 0 heterocycles. The van der Waals surface area contributed by atoms with Crippen LogP contribution in [0.1, 0.15) is 41.0 Å². The summed E-state index contributed by atoms with van der Waals surface area (Å²) in [5, 5.41) is 15.6. The lowest BCUT2D eigenvalue weighted by Crippen LogP contribution is -2.42. The van der Waals surface area contributed by atoms with Gasteiger partial charge in [-0.2, -0.15) is 0 Å². The van der Waals surface area contributed by atoms with Gasteiger partial charge in [-0.05, 0) is 34.6 Å². The van der Waals surface area contributed by atoms with Crippen LogP contribution in [0.5, 0.6) is 0 Å². The Morgan fingerprint density at radius 1 is 1.24 bits per heavy atom. The minimum atomic E-state index is -0.574. The lowest BCUT2D eigenvalue weighted by molar-refractivity contribution is -0.122. The number of hydrogen-bond donors (Lipinski definition) is 3. The first kappa shape index (κ1) is 20.3. The summed E-state index contributed by atoms with van der Waals surface area (Å²) in [6.45, 7) is 12.0. The molecule has 6 nitrogen and oxygen atoms in total.